The van der Waals surface area contributed by atoms with Crippen LogP contribution >= 0.6 is 11.3 Å². The first-order valence-corrected chi connectivity index (χ1v) is 11.2. The van der Waals surface area contributed by atoms with E-state index in [0.29, 0.717) is 44.5 Å². The SMILES string of the molecule is O=S(=O)(NCC(c1cccs1)N1CCOCC1)c1ccc2c(c1)OCCO2. The number of morpholine rings is 1. The molecule has 1 N–H and O–H groups in total. The lowest BCUT2D eigenvalue weighted by atomic mass is 10.2. The van der Waals surface area contributed by atoms with Gasteiger partial charge in [0, 0.05) is 30.6 Å². The summed E-state index contributed by atoms with van der Waals surface area (Å²) in [6, 6.07) is 8.73. The van der Waals surface area contributed by atoms with E-state index in [1.807, 2.05) is 17.5 Å². The lowest BCUT2D eigenvalue weighted by Gasteiger charge is -2.34. The smallest absolute Gasteiger partial charge is 0.240 e. The summed E-state index contributed by atoms with van der Waals surface area (Å²) in [5.41, 5.74) is 0. The van der Waals surface area contributed by atoms with E-state index in [1.165, 1.54) is 6.07 Å². The maximum atomic E-state index is 12.8. The third kappa shape index (κ3) is 4.27. The molecule has 0 spiro atoms. The quantitative estimate of drug-likeness (QED) is 0.784. The van der Waals surface area contributed by atoms with E-state index in [9.17, 15) is 8.42 Å². The van der Waals surface area contributed by atoms with Gasteiger partial charge in [-0.2, -0.15) is 0 Å². The molecule has 4 rings (SSSR count). The zero-order valence-electron chi connectivity index (χ0n) is 14.8. The molecule has 0 aliphatic carbocycles. The van der Waals surface area contributed by atoms with Gasteiger partial charge in [-0.25, -0.2) is 13.1 Å². The highest BCUT2D eigenvalue weighted by Gasteiger charge is 2.26. The molecule has 1 aromatic heterocycles. The summed E-state index contributed by atoms with van der Waals surface area (Å²) in [7, 11) is -3.66. The van der Waals surface area contributed by atoms with Crippen LogP contribution in [0.3, 0.4) is 0 Å². The largest absolute Gasteiger partial charge is 0.486 e. The van der Waals surface area contributed by atoms with E-state index < -0.39 is 10.0 Å². The molecule has 1 atom stereocenters. The Hall–Kier alpha value is -1.65. The summed E-state index contributed by atoms with van der Waals surface area (Å²) < 4.78 is 44.8. The molecule has 2 aromatic rings. The van der Waals surface area contributed by atoms with Gasteiger partial charge in [-0.3, -0.25) is 4.90 Å². The first kappa shape index (κ1) is 18.7. The molecule has 27 heavy (non-hydrogen) atoms. The molecule has 3 heterocycles. The molecule has 9 heteroatoms. The first-order chi connectivity index (χ1) is 13.1. The van der Waals surface area contributed by atoms with Crippen molar-refractivity contribution in [2.75, 3.05) is 46.1 Å². The summed E-state index contributed by atoms with van der Waals surface area (Å²) in [4.78, 5) is 3.59. The van der Waals surface area contributed by atoms with Crippen LogP contribution in [0.25, 0.3) is 0 Å². The number of ether oxygens (including phenoxy) is 3. The van der Waals surface area contributed by atoms with Crippen LogP contribution in [0.2, 0.25) is 0 Å². The number of nitrogens with one attached hydrogen (secondary N) is 1. The van der Waals surface area contributed by atoms with Crippen molar-refractivity contribution in [3.63, 3.8) is 0 Å². The van der Waals surface area contributed by atoms with Gasteiger partial charge < -0.3 is 14.2 Å². The van der Waals surface area contributed by atoms with Crippen LogP contribution in [0, 0.1) is 0 Å². The van der Waals surface area contributed by atoms with Gasteiger partial charge in [0.15, 0.2) is 11.5 Å². The van der Waals surface area contributed by atoms with E-state index >= 15 is 0 Å². The second kappa shape index (κ2) is 8.15. The van der Waals surface area contributed by atoms with Crippen molar-refractivity contribution in [2.24, 2.45) is 0 Å². The van der Waals surface area contributed by atoms with E-state index in [2.05, 4.69) is 9.62 Å². The molecule has 0 bridgehead atoms. The van der Waals surface area contributed by atoms with Crippen molar-refractivity contribution in [3.8, 4) is 11.5 Å². The zero-order valence-corrected chi connectivity index (χ0v) is 16.4. The van der Waals surface area contributed by atoms with E-state index in [1.54, 1.807) is 23.5 Å². The second-order valence-corrected chi connectivity index (χ2v) is 9.08. The summed E-state index contributed by atoms with van der Waals surface area (Å²) in [5.74, 6) is 1.04. The lowest BCUT2D eigenvalue weighted by Crippen LogP contribution is -2.43. The molecule has 7 nitrogen and oxygen atoms in total. The normalized spacial score (nSPS) is 19.0. The second-order valence-electron chi connectivity index (χ2n) is 6.34. The van der Waals surface area contributed by atoms with Gasteiger partial charge in [0.25, 0.3) is 0 Å². The summed E-state index contributed by atoms with van der Waals surface area (Å²) >= 11 is 1.64. The predicted molar refractivity (Wildman–Crippen MR) is 102 cm³/mol. The van der Waals surface area contributed by atoms with Crippen LogP contribution in [0.1, 0.15) is 10.9 Å². The minimum atomic E-state index is -3.66. The van der Waals surface area contributed by atoms with Crippen LogP contribution in [0.5, 0.6) is 11.5 Å². The molecule has 0 radical (unpaired) electrons. The molecule has 2 aliphatic heterocycles. The number of hydrogen-bond donors (Lipinski definition) is 1. The lowest BCUT2D eigenvalue weighted by molar-refractivity contribution is 0.0179. The van der Waals surface area contributed by atoms with Gasteiger partial charge in [0.05, 0.1) is 24.2 Å². The minimum Gasteiger partial charge on any atom is -0.486 e. The average Bonchev–Trinajstić information content (AvgIpc) is 3.23. The molecule has 146 valence electrons. The van der Waals surface area contributed by atoms with Crippen molar-refractivity contribution in [1.29, 1.82) is 0 Å². The van der Waals surface area contributed by atoms with Gasteiger partial charge in [-0.1, -0.05) is 6.07 Å². The third-order valence-electron chi connectivity index (χ3n) is 4.65. The first-order valence-electron chi connectivity index (χ1n) is 8.88. The number of benzene rings is 1. The fourth-order valence-electron chi connectivity index (χ4n) is 3.24. The highest BCUT2D eigenvalue weighted by Crippen LogP contribution is 2.32. The minimum absolute atomic E-state index is 0.0131. The van der Waals surface area contributed by atoms with Gasteiger partial charge >= 0.3 is 0 Å². The Morgan fingerprint density at radius 2 is 1.85 bits per heavy atom. The molecule has 1 fully saturated rings. The topological polar surface area (TPSA) is 77.1 Å². The number of hydrogen-bond acceptors (Lipinski definition) is 7. The molecule has 0 amide bonds. The third-order valence-corrected chi connectivity index (χ3v) is 7.04. The van der Waals surface area contributed by atoms with Crippen molar-refractivity contribution < 1.29 is 22.6 Å². The maximum absolute atomic E-state index is 12.8. The average molecular weight is 411 g/mol. The molecular formula is C18H22N2O5S2. The van der Waals surface area contributed by atoms with Crippen molar-refractivity contribution in [3.05, 3.63) is 40.6 Å². The number of nitrogens with zero attached hydrogens (tertiary/aromatic N) is 1. The highest BCUT2D eigenvalue weighted by molar-refractivity contribution is 7.89. The number of thiophene rings is 1. The van der Waals surface area contributed by atoms with Crippen LogP contribution in [-0.4, -0.2) is 59.4 Å². The Balaban J connectivity index is 1.51. The number of sulfonamides is 1. The fourth-order valence-corrected chi connectivity index (χ4v) is 5.16. The van der Waals surface area contributed by atoms with Crippen molar-refractivity contribution in [1.82, 2.24) is 9.62 Å². The van der Waals surface area contributed by atoms with E-state index in [-0.39, 0.29) is 10.9 Å². The summed E-state index contributed by atoms with van der Waals surface area (Å²) in [5, 5.41) is 2.01. The van der Waals surface area contributed by atoms with Crippen molar-refractivity contribution >= 4 is 21.4 Å². The van der Waals surface area contributed by atoms with Gasteiger partial charge in [0.1, 0.15) is 13.2 Å². The molecule has 1 unspecified atom stereocenters. The fraction of sp³-hybridized carbons (Fsp3) is 0.444. The zero-order chi connectivity index (χ0) is 18.7. The van der Waals surface area contributed by atoms with E-state index in [0.717, 1.165) is 18.0 Å². The Kier molecular flexibility index (Phi) is 5.65. The standard InChI is InChI=1S/C18H22N2O5S2/c21-27(22,14-3-4-16-17(12-14)25-10-9-24-16)19-13-15(18-2-1-11-26-18)20-5-7-23-8-6-20/h1-4,11-12,15,19H,5-10,13H2. The Morgan fingerprint density at radius 3 is 2.59 bits per heavy atom. The highest BCUT2D eigenvalue weighted by atomic mass is 32.2. The predicted octanol–water partition coefficient (Wildman–Crippen LogP) is 1.87. The Bertz CT molecular complexity index is 864. The Morgan fingerprint density at radius 1 is 1.07 bits per heavy atom. The molecule has 1 saturated heterocycles. The molecule has 2 aliphatic rings. The van der Waals surface area contributed by atoms with E-state index in [4.69, 9.17) is 14.2 Å². The van der Waals surface area contributed by atoms with Crippen LogP contribution in [-0.2, 0) is 14.8 Å². The van der Waals surface area contributed by atoms with Crippen LogP contribution in [0.15, 0.2) is 40.6 Å². The molecule has 1 aromatic carbocycles. The number of rotatable bonds is 6. The maximum Gasteiger partial charge on any atom is 0.240 e. The van der Waals surface area contributed by atoms with Crippen LogP contribution in [0.4, 0.5) is 0 Å². The molecule has 0 saturated carbocycles. The molecular weight excluding hydrogens is 388 g/mol. The van der Waals surface area contributed by atoms with Crippen LogP contribution < -0.4 is 14.2 Å². The summed E-state index contributed by atoms with van der Waals surface area (Å²) in [6.45, 7) is 4.09. The van der Waals surface area contributed by atoms with Gasteiger partial charge in [-0.15, -0.1) is 11.3 Å². The Labute approximate surface area is 162 Å². The monoisotopic (exact) mass is 410 g/mol. The van der Waals surface area contributed by atoms with Crippen molar-refractivity contribution in [2.45, 2.75) is 10.9 Å². The number of fused-ring (bicyclic) bond motifs is 1. The van der Waals surface area contributed by atoms with Gasteiger partial charge in [0.2, 0.25) is 10.0 Å². The summed E-state index contributed by atoms with van der Waals surface area (Å²) in [6.07, 6.45) is 0. The van der Waals surface area contributed by atoms with Gasteiger partial charge in [-0.05, 0) is 23.6 Å².